The minimum absolute atomic E-state index is 0.0705. The van der Waals surface area contributed by atoms with Gasteiger partial charge in [-0.3, -0.25) is 0 Å². The quantitative estimate of drug-likeness (QED) is 0.898. The first-order valence-corrected chi connectivity index (χ1v) is 6.92. The van der Waals surface area contributed by atoms with Crippen molar-refractivity contribution in [3.8, 4) is 0 Å². The van der Waals surface area contributed by atoms with Crippen molar-refractivity contribution in [3.05, 3.63) is 60.2 Å². The second kappa shape index (κ2) is 6.52. The molecule has 0 bridgehead atoms. The molecule has 0 saturated carbocycles. The van der Waals surface area contributed by atoms with Crippen molar-refractivity contribution in [2.45, 2.75) is 24.0 Å². The highest BCUT2D eigenvalue weighted by Crippen LogP contribution is 2.33. The molecular formula is C14H16N2OS. The van der Waals surface area contributed by atoms with Gasteiger partial charge in [0.2, 0.25) is 0 Å². The standard InChI is InChI=1S/C14H16N2OS/c1-11(17)14(12-5-3-2-4-6-12)18-9-13-7-8-15-10-16-13/h2-8,10-11,14,17H,9H2,1H3. The molecule has 3 nitrogen and oxygen atoms in total. The maximum Gasteiger partial charge on any atom is 0.115 e. The van der Waals surface area contributed by atoms with Crippen LogP contribution in [0.15, 0.2) is 48.9 Å². The first kappa shape index (κ1) is 13.1. The number of thioether (sulfide) groups is 1. The number of aliphatic hydroxyl groups excluding tert-OH is 1. The van der Waals surface area contributed by atoms with Crippen LogP contribution in [0.4, 0.5) is 0 Å². The summed E-state index contributed by atoms with van der Waals surface area (Å²) >= 11 is 1.70. The molecular weight excluding hydrogens is 244 g/mol. The fourth-order valence-electron chi connectivity index (χ4n) is 1.74. The lowest BCUT2D eigenvalue weighted by molar-refractivity contribution is 0.192. The first-order chi connectivity index (χ1) is 8.77. The molecule has 0 spiro atoms. The molecule has 94 valence electrons. The molecule has 1 heterocycles. The van der Waals surface area contributed by atoms with Gasteiger partial charge in [-0.05, 0) is 18.6 Å². The van der Waals surface area contributed by atoms with Gasteiger partial charge in [-0.25, -0.2) is 9.97 Å². The smallest absolute Gasteiger partial charge is 0.115 e. The first-order valence-electron chi connectivity index (χ1n) is 5.87. The molecule has 0 saturated heterocycles. The Hall–Kier alpha value is -1.39. The zero-order chi connectivity index (χ0) is 12.8. The molecule has 0 aliphatic heterocycles. The number of aromatic nitrogens is 2. The normalized spacial score (nSPS) is 14.1. The van der Waals surface area contributed by atoms with Gasteiger partial charge in [0, 0.05) is 11.9 Å². The third kappa shape index (κ3) is 3.55. The van der Waals surface area contributed by atoms with E-state index >= 15 is 0 Å². The summed E-state index contributed by atoms with van der Waals surface area (Å²) in [5.41, 5.74) is 2.13. The van der Waals surface area contributed by atoms with Crippen molar-refractivity contribution in [2.24, 2.45) is 0 Å². The predicted octanol–water partition coefficient (Wildman–Crippen LogP) is 2.83. The van der Waals surface area contributed by atoms with Gasteiger partial charge in [0.15, 0.2) is 0 Å². The summed E-state index contributed by atoms with van der Waals surface area (Å²) in [6.07, 6.45) is 2.90. The van der Waals surface area contributed by atoms with Gasteiger partial charge in [0.1, 0.15) is 6.33 Å². The summed E-state index contributed by atoms with van der Waals surface area (Å²) in [4.78, 5) is 8.09. The van der Waals surface area contributed by atoms with Crippen molar-refractivity contribution in [3.63, 3.8) is 0 Å². The van der Waals surface area contributed by atoms with E-state index < -0.39 is 0 Å². The molecule has 1 N–H and O–H groups in total. The Bertz CT molecular complexity index is 462. The maximum absolute atomic E-state index is 9.89. The summed E-state index contributed by atoms with van der Waals surface area (Å²) in [5.74, 6) is 0.771. The SMILES string of the molecule is CC(O)C(SCc1ccncn1)c1ccccc1. The Morgan fingerprint density at radius 3 is 2.61 bits per heavy atom. The van der Waals surface area contributed by atoms with Crippen LogP contribution >= 0.6 is 11.8 Å². The Kier molecular flexibility index (Phi) is 4.73. The van der Waals surface area contributed by atoms with E-state index in [4.69, 9.17) is 0 Å². The molecule has 1 aromatic heterocycles. The van der Waals surface area contributed by atoms with Crippen LogP contribution in [0.1, 0.15) is 23.4 Å². The highest BCUT2D eigenvalue weighted by atomic mass is 32.2. The zero-order valence-electron chi connectivity index (χ0n) is 10.2. The second-order valence-electron chi connectivity index (χ2n) is 4.08. The molecule has 2 unspecified atom stereocenters. The Morgan fingerprint density at radius 2 is 2.00 bits per heavy atom. The van der Waals surface area contributed by atoms with Gasteiger partial charge in [0.05, 0.1) is 17.0 Å². The highest BCUT2D eigenvalue weighted by molar-refractivity contribution is 7.98. The Labute approximate surface area is 111 Å². The average Bonchev–Trinajstić information content (AvgIpc) is 2.41. The largest absolute Gasteiger partial charge is 0.392 e. The van der Waals surface area contributed by atoms with Crippen molar-refractivity contribution in [1.29, 1.82) is 0 Å². The van der Waals surface area contributed by atoms with Crippen LogP contribution in [0, 0.1) is 0 Å². The van der Waals surface area contributed by atoms with Gasteiger partial charge in [0.25, 0.3) is 0 Å². The molecule has 2 atom stereocenters. The minimum atomic E-state index is -0.390. The van der Waals surface area contributed by atoms with E-state index in [1.807, 2.05) is 43.3 Å². The van der Waals surface area contributed by atoms with E-state index in [9.17, 15) is 5.11 Å². The lowest BCUT2D eigenvalue weighted by Gasteiger charge is -2.19. The van der Waals surface area contributed by atoms with Crippen LogP contribution in [-0.4, -0.2) is 21.2 Å². The molecule has 0 aliphatic rings. The Morgan fingerprint density at radius 1 is 1.22 bits per heavy atom. The van der Waals surface area contributed by atoms with E-state index in [0.29, 0.717) is 0 Å². The van der Waals surface area contributed by atoms with Gasteiger partial charge in [-0.2, -0.15) is 0 Å². The highest BCUT2D eigenvalue weighted by Gasteiger charge is 2.17. The third-order valence-corrected chi connectivity index (χ3v) is 4.11. The van der Waals surface area contributed by atoms with E-state index in [1.165, 1.54) is 0 Å². The molecule has 2 aromatic rings. The topological polar surface area (TPSA) is 46.0 Å². The van der Waals surface area contributed by atoms with E-state index in [0.717, 1.165) is 17.0 Å². The fraction of sp³-hybridized carbons (Fsp3) is 0.286. The molecule has 2 rings (SSSR count). The van der Waals surface area contributed by atoms with Crippen molar-refractivity contribution in [2.75, 3.05) is 0 Å². The van der Waals surface area contributed by atoms with E-state index in [1.54, 1.807) is 24.3 Å². The van der Waals surface area contributed by atoms with Crippen molar-refractivity contribution >= 4 is 11.8 Å². The molecule has 1 aromatic carbocycles. The number of rotatable bonds is 5. The van der Waals surface area contributed by atoms with Crippen LogP contribution in [0.3, 0.4) is 0 Å². The molecule has 0 amide bonds. The van der Waals surface area contributed by atoms with Crippen LogP contribution in [0.5, 0.6) is 0 Å². The monoisotopic (exact) mass is 260 g/mol. The average molecular weight is 260 g/mol. The van der Waals surface area contributed by atoms with Gasteiger partial charge in [-0.1, -0.05) is 30.3 Å². The molecule has 0 fully saturated rings. The van der Waals surface area contributed by atoms with Crippen LogP contribution in [0.2, 0.25) is 0 Å². The van der Waals surface area contributed by atoms with Crippen molar-refractivity contribution in [1.82, 2.24) is 9.97 Å². The summed E-state index contributed by atoms with van der Waals surface area (Å²) in [6, 6.07) is 12.0. The lowest BCUT2D eigenvalue weighted by atomic mass is 10.1. The van der Waals surface area contributed by atoms with Gasteiger partial charge >= 0.3 is 0 Å². The minimum Gasteiger partial charge on any atom is -0.392 e. The van der Waals surface area contributed by atoms with Crippen LogP contribution in [0.25, 0.3) is 0 Å². The van der Waals surface area contributed by atoms with E-state index in [-0.39, 0.29) is 11.4 Å². The lowest BCUT2D eigenvalue weighted by Crippen LogP contribution is -2.11. The molecule has 0 aliphatic carbocycles. The maximum atomic E-state index is 9.89. The van der Waals surface area contributed by atoms with Gasteiger partial charge in [-0.15, -0.1) is 11.8 Å². The van der Waals surface area contributed by atoms with Crippen LogP contribution in [-0.2, 0) is 5.75 Å². The summed E-state index contributed by atoms with van der Waals surface area (Å²) in [5, 5.41) is 9.96. The van der Waals surface area contributed by atoms with Gasteiger partial charge < -0.3 is 5.11 Å². The number of hydrogen-bond acceptors (Lipinski definition) is 4. The molecule has 4 heteroatoms. The van der Waals surface area contributed by atoms with E-state index in [2.05, 4.69) is 9.97 Å². The summed E-state index contributed by atoms with van der Waals surface area (Å²) in [7, 11) is 0. The summed E-state index contributed by atoms with van der Waals surface area (Å²) < 4.78 is 0. The number of nitrogens with zero attached hydrogens (tertiary/aromatic N) is 2. The predicted molar refractivity (Wildman–Crippen MR) is 74.2 cm³/mol. The fourth-order valence-corrected chi connectivity index (χ4v) is 2.88. The number of aliphatic hydroxyl groups is 1. The van der Waals surface area contributed by atoms with Crippen molar-refractivity contribution < 1.29 is 5.11 Å². The molecule has 0 radical (unpaired) electrons. The third-order valence-electron chi connectivity index (χ3n) is 2.62. The number of hydrogen-bond donors (Lipinski definition) is 1. The second-order valence-corrected chi connectivity index (χ2v) is 5.21. The van der Waals surface area contributed by atoms with Crippen LogP contribution < -0.4 is 0 Å². The number of benzene rings is 1. The molecule has 18 heavy (non-hydrogen) atoms. The zero-order valence-corrected chi connectivity index (χ0v) is 11.0. The Balaban J connectivity index is 2.04. The summed E-state index contributed by atoms with van der Waals surface area (Å²) in [6.45, 7) is 1.82.